The molecule has 0 fully saturated rings. The summed E-state index contributed by atoms with van der Waals surface area (Å²) in [5.41, 5.74) is 2.00. The van der Waals surface area contributed by atoms with E-state index in [0.717, 1.165) is 15.4 Å². The van der Waals surface area contributed by atoms with Crippen molar-refractivity contribution in [3.63, 3.8) is 0 Å². The Balaban J connectivity index is 2.11. The second-order valence-electron chi connectivity index (χ2n) is 5.51. The molecule has 1 aliphatic rings. The molecule has 1 aromatic rings. The number of rotatable bonds is 5. The van der Waals surface area contributed by atoms with Gasteiger partial charge in [0.25, 0.3) is 0 Å². The zero-order valence-corrected chi connectivity index (χ0v) is 14.0. The lowest BCUT2D eigenvalue weighted by Gasteiger charge is -2.30. The van der Waals surface area contributed by atoms with Crippen LogP contribution < -0.4 is 0 Å². The lowest BCUT2D eigenvalue weighted by Crippen LogP contribution is -2.43. The van der Waals surface area contributed by atoms with Gasteiger partial charge < -0.3 is 10.0 Å². The molecule has 0 unspecified atom stereocenters. The van der Waals surface area contributed by atoms with E-state index in [2.05, 4.69) is 0 Å². The highest BCUT2D eigenvalue weighted by Crippen LogP contribution is 2.21. The number of amides is 1. The first kappa shape index (κ1) is 17.4. The third-order valence-electron chi connectivity index (χ3n) is 4.02. The van der Waals surface area contributed by atoms with Crippen LogP contribution in [0.5, 0.6) is 0 Å². The molecule has 0 saturated carbocycles. The molecule has 0 spiro atoms. The van der Waals surface area contributed by atoms with Gasteiger partial charge in [0.05, 0.1) is 17.9 Å². The minimum absolute atomic E-state index is 0.0540. The first-order valence-electron chi connectivity index (χ1n) is 7.31. The van der Waals surface area contributed by atoms with E-state index >= 15 is 0 Å². The zero-order valence-electron chi connectivity index (χ0n) is 13.2. The Bertz CT molecular complexity index is 729. The Morgan fingerprint density at radius 1 is 1.30 bits per heavy atom. The van der Waals surface area contributed by atoms with Crippen molar-refractivity contribution in [1.82, 2.24) is 9.21 Å². The van der Waals surface area contributed by atoms with Crippen LogP contribution in [0.15, 0.2) is 18.2 Å². The summed E-state index contributed by atoms with van der Waals surface area (Å²) in [4.78, 5) is 24.9. The van der Waals surface area contributed by atoms with Gasteiger partial charge >= 0.3 is 5.97 Å². The molecule has 2 rings (SSSR count). The summed E-state index contributed by atoms with van der Waals surface area (Å²) < 4.78 is 24.5. The number of hydrogen-bond acceptors (Lipinski definition) is 4. The minimum atomic E-state index is -3.40. The van der Waals surface area contributed by atoms with Gasteiger partial charge in [-0.15, -0.1) is 0 Å². The van der Waals surface area contributed by atoms with Gasteiger partial charge in [0.2, 0.25) is 15.9 Å². The van der Waals surface area contributed by atoms with Gasteiger partial charge in [-0.3, -0.25) is 4.79 Å². The SMILES string of the molecule is CCS(=O)(=O)N(C)CC(=O)N1CCc2ccc(C(=O)O)cc2C1. The summed E-state index contributed by atoms with van der Waals surface area (Å²) in [5.74, 6) is -1.34. The van der Waals surface area contributed by atoms with Crippen molar-refractivity contribution in [3.8, 4) is 0 Å². The van der Waals surface area contributed by atoms with Crippen molar-refractivity contribution in [3.05, 3.63) is 34.9 Å². The Morgan fingerprint density at radius 2 is 2.00 bits per heavy atom. The summed E-state index contributed by atoms with van der Waals surface area (Å²) >= 11 is 0. The van der Waals surface area contributed by atoms with Crippen molar-refractivity contribution in [2.45, 2.75) is 19.9 Å². The van der Waals surface area contributed by atoms with Crippen LogP contribution in [-0.4, -0.2) is 60.5 Å². The second kappa shape index (κ2) is 6.67. The molecular formula is C15H20N2O5S. The number of likely N-dealkylation sites (N-methyl/N-ethyl adjacent to an activating group) is 1. The molecule has 0 aliphatic carbocycles. The predicted octanol–water partition coefficient (Wildman–Crippen LogP) is 0.551. The van der Waals surface area contributed by atoms with Crippen LogP contribution in [0.3, 0.4) is 0 Å². The Morgan fingerprint density at radius 3 is 2.61 bits per heavy atom. The Kier molecular flexibility index (Phi) is 5.06. The molecule has 126 valence electrons. The molecule has 0 radical (unpaired) electrons. The normalized spacial score (nSPS) is 14.7. The van der Waals surface area contributed by atoms with Gasteiger partial charge in [-0.05, 0) is 36.6 Å². The number of hydrogen-bond donors (Lipinski definition) is 1. The molecule has 0 aromatic heterocycles. The Hall–Kier alpha value is -1.93. The minimum Gasteiger partial charge on any atom is -0.478 e. The number of fused-ring (bicyclic) bond motifs is 1. The second-order valence-corrected chi connectivity index (χ2v) is 7.88. The van der Waals surface area contributed by atoms with Crippen molar-refractivity contribution in [1.29, 1.82) is 0 Å². The fourth-order valence-corrected chi connectivity index (χ4v) is 3.26. The van der Waals surface area contributed by atoms with E-state index in [0.29, 0.717) is 19.5 Å². The van der Waals surface area contributed by atoms with E-state index in [1.54, 1.807) is 23.1 Å². The molecule has 0 atom stereocenters. The number of carbonyl (C=O) groups excluding carboxylic acids is 1. The largest absolute Gasteiger partial charge is 0.478 e. The van der Waals surface area contributed by atoms with Crippen molar-refractivity contribution in [2.24, 2.45) is 0 Å². The summed E-state index contributed by atoms with van der Waals surface area (Å²) in [6, 6.07) is 4.90. The van der Waals surface area contributed by atoms with E-state index in [1.807, 2.05) is 0 Å². The fraction of sp³-hybridized carbons (Fsp3) is 0.467. The van der Waals surface area contributed by atoms with Gasteiger partial charge in [0.1, 0.15) is 0 Å². The third-order valence-corrected chi connectivity index (χ3v) is 5.82. The first-order valence-corrected chi connectivity index (χ1v) is 8.92. The van der Waals surface area contributed by atoms with Crippen molar-refractivity contribution in [2.75, 3.05) is 25.9 Å². The molecule has 1 aliphatic heterocycles. The van der Waals surface area contributed by atoms with Crippen LogP contribution in [0.2, 0.25) is 0 Å². The lowest BCUT2D eigenvalue weighted by molar-refractivity contribution is -0.132. The number of carboxylic acids is 1. The number of carboxylic acid groups (broad SMARTS) is 1. The molecule has 7 nitrogen and oxygen atoms in total. The van der Waals surface area contributed by atoms with E-state index in [1.165, 1.54) is 14.0 Å². The summed E-state index contributed by atoms with van der Waals surface area (Å²) in [6.07, 6.45) is 0.630. The monoisotopic (exact) mass is 340 g/mol. The highest BCUT2D eigenvalue weighted by molar-refractivity contribution is 7.89. The molecule has 1 amide bonds. The molecule has 1 N–H and O–H groups in total. The van der Waals surface area contributed by atoms with Gasteiger partial charge in [0.15, 0.2) is 0 Å². The summed E-state index contributed by atoms with van der Waals surface area (Å²) in [6.45, 7) is 2.12. The van der Waals surface area contributed by atoms with Crippen LogP contribution in [0.1, 0.15) is 28.4 Å². The topological polar surface area (TPSA) is 95.0 Å². The van der Waals surface area contributed by atoms with Crippen LogP contribution in [0.4, 0.5) is 0 Å². The number of sulfonamides is 1. The fourth-order valence-electron chi connectivity index (χ4n) is 2.51. The average molecular weight is 340 g/mol. The standard InChI is InChI=1S/C15H20N2O5S/c1-3-23(21,22)16(2)10-14(18)17-7-6-11-4-5-12(15(19)20)8-13(11)9-17/h4-5,8H,3,6-7,9-10H2,1-2H3,(H,19,20). The predicted molar refractivity (Wildman–Crippen MR) is 84.6 cm³/mol. The molecular weight excluding hydrogens is 320 g/mol. The quantitative estimate of drug-likeness (QED) is 0.845. The average Bonchev–Trinajstić information content (AvgIpc) is 2.53. The number of carbonyl (C=O) groups is 2. The lowest BCUT2D eigenvalue weighted by atomic mass is 9.97. The van der Waals surface area contributed by atoms with Gasteiger partial charge in [-0.1, -0.05) is 6.07 Å². The number of aromatic carboxylic acids is 1. The molecule has 23 heavy (non-hydrogen) atoms. The van der Waals surface area contributed by atoms with E-state index < -0.39 is 16.0 Å². The van der Waals surface area contributed by atoms with Crippen molar-refractivity contribution < 1.29 is 23.1 Å². The van der Waals surface area contributed by atoms with E-state index in [-0.39, 0.29) is 23.8 Å². The van der Waals surface area contributed by atoms with Gasteiger partial charge in [0, 0.05) is 20.1 Å². The van der Waals surface area contributed by atoms with Crippen LogP contribution >= 0.6 is 0 Å². The van der Waals surface area contributed by atoms with E-state index in [9.17, 15) is 18.0 Å². The van der Waals surface area contributed by atoms with Crippen LogP contribution in [0, 0.1) is 0 Å². The third kappa shape index (κ3) is 3.89. The smallest absolute Gasteiger partial charge is 0.335 e. The number of nitrogens with zero attached hydrogens (tertiary/aromatic N) is 2. The maximum Gasteiger partial charge on any atom is 0.335 e. The maximum atomic E-state index is 12.3. The van der Waals surface area contributed by atoms with Gasteiger partial charge in [-0.25, -0.2) is 13.2 Å². The van der Waals surface area contributed by atoms with Crippen LogP contribution in [-0.2, 0) is 27.8 Å². The Labute approximate surface area is 135 Å². The first-order chi connectivity index (χ1) is 10.7. The summed E-state index contributed by atoms with van der Waals surface area (Å²) in [7, 11) is -2.02. The maximum absolute atomic E-state index is 12.3. The van der Waals surface area contributed by atoms with Crippen molar-refractivity contribution >= 4 is 21.9 Å². The molecule has 1 heterocycles. The summed E-state index contributed by atoms with van der Waals surface area (Å²) in [5, 5.41) is 9.04. The van der Waals surface area contributed by atoms with Crippen LogP contribution in [0.25, 0.3) is 0 Å². The highest BCUT2D eigenvalue weighted by atomic mass is 32.2. The van der Waals surface area contributed by atoms with Gasteiger partial charge in [-0.2, -0.15) is 4.31 Å². The van der Waals surface area contributed by atoms with E-state index in [4.69, 9.17) is 5.11 Å². The molecule has 8 heteroatoms. The number of benzene rings is 1. The molecule has 1 aromatic carbocycles. The zero-order chi connectivity index (χ0) is 17.2. The highest BCUT2D eigenvalue weighted by Gasteiger charge is 2.25. The molecule has 0 saturated heterocycles. The molecule has 0 bridgehead atoms.